The zero-order valence-corrected chi connectivity index (χ0v) is 18.0. The number of sulfonamides is 1. The van der Waals surface area contributed by atoms with Gasteiger partial charge in [-0.1, -0.05) is 36.7 Å². The monoisotopic (exact) mass is 459 g/mol. The molecule has 2 N–H and O–H groups in total. The summed E-state index contributed by atoms with van der Waals surface area (Å²) in [6, 6.07) is 11.4. The molecule has 11 heteroatoms. The zero-order valence-electron chi connectivity index (χ0n) is 16.4. The highest BCUT2D eigenvalue weighted by atomic mass is 35.5. The van der Waals surface area contributed by atoms with E-state index in [1.54, 1.807) is 28.8 Å². The van der Waals surface area contributed by atoms with E-state index in [1.807, 2.05) is 13.0 Å². The van der Waals surface area contributed by atoms with E-state index in [0.717, 1.165) is 5.56 Å². The predicted molar refractivity (Wildman–Crippen MR) is 117 cm³/mol. The lowest BCUT2D eigenvalue weighted by molar-refractivity contribution is 0.573. The van der Waals surface area contributed by atoms with Gasteiger partial charge in [-0.15, -0.1) is 0 Å². The zero-order chi connectivity index (χ0) is 22.2. The van der Waals surface area contributed by atoms with Gasteiger partial charge in [0.15, 0.2) is 11.5 Å². The quantitative estimate of drug-likeness (QED) is 0.423. The first-order valence-electron chi connectivity index (χ1n) is 9.48. The number of nitrogens with one attached hydrogen (secondary N) is 2. The largest absolute Gasteiger partial charge is 0.349 e. The van der Waals surface area contributed by atoms with E-state index in [2.05, 4.69) is 19.7 Å². The van der Waals surface area contributed by atoms with Crippen LogP contribution in [0.5, 0.6) is 0 Å². The van der Waals surface area contributed by atoms with E-state index in [-0.39, 0.29) is 29.5 Å². The van der Waals surface area contributed by atoms with Gasteiger partial charge in [0.05, 0.1) is 15.9 Å². The van der Waals surface area contributed by atoms with E-state index < -0.39 is 21.3 Å². The van der Waals surface area contributed by atoms with Crippen molar-refractivity contribution in [2.45, 2.75) is 24.8 Å². The molecule has 0 aliphatic carbocycles. The van der Waals surface area contributed by atoms with Crippen molar-refractivity contribution in [2.75, 3.05) is 6.54 Å². The fraction of sp³-hybridized carbons (Fsp3) is 0.200. The van der Waals surface area contributed by atoms with Crippen LogP contribution in [0, 0.1) is 0 Å². The number of halogens is 1. The van der Waals surface area contributed by atoms with E-state index >= 15 is 0 Å². The molecule has 2 aliphatic heterocycles. The van der Waals surface area contributed by atoms with Crippen molar-refractivity contribution in [3.63, 3.8) is 0 Å². The summed E-state index contributed by atoms with van der Waals surface area (Å²) in [5.41, 5.74) is 0.365. The summed E-state index contributed by atoms with van der Waals surface area (Å²) in [7, 11) is -3.72. The number of aromatic amines is 1. The summed E-state index contributed by atoms with van der Waals surface area (Å²) in [6.07, 6.45) is 0.656. The summed E-state index contributed by atoms with van der Waals surface area (Å²) in [6.45, 7) is 2.06. The van der Waals surface area contributed by atoms with Crippen molar-refractivity contribution in [2.24, 2.45) is 0 Å². The highest BCUT2D eigenvalue weighted by Gasteiger charge is 2.20. The summed E-state index contributed by atoms with van der Waals surface area (Å²) in [5.74, 6) is 0.0736. The van der Waals surface area contributed by atoms with E-state index in [1.165, 1.54) is 12.1 Å². The van der Waals surface area contributed by atoms with Gasteiger partial charge in [-0.3, -0.25) is 9.78 Å². The van der Waals surface area contributed by atoms with Gasteiger partial charge in [-0.05, 0) is 36.2 Å². The molecule has 31 heavy (non-hydrogen) atoms. The van der Waals surface area contributed by atoms with Crippen LogP contribution in [0.3, 0.4) is 0 Å². The minimum atomic E-state index is -3.72. The third-order valence-corrected chi connectivity index (χ3v) is 6.67. The van der Waals surface area contributed by atoms with Crippen LogP contribution in [0.2, 0.25) is 5.02 Å². The molecule has 0 atom stereocenters. The van der Waals surface area contributed by atoms with E-state index in [0.29, 0.717) is 22.5 Å². The van der Waals surface area contributed by atoms with Crippen LogP contribution < -0.4 is 16.0 Å². The van der Waals surface area contributed by atoms with Gasteiger partial charge in [-0.25, -0.2) is 22.9 Å². The van der Waals surface area contributed by atoms with Crippen molar-refractivity contribution in [3.8, 4) is 11.5 Å². The SMILES string of the molecule is CCc1cc2c(cc1Cl)nc1c(=O)[nH]c(=O)nc-1n2CCNS(=O)(=O)c1ccccc1. The van der Waals surface area contributed by atoms with Crippen molar-refractivity contribution < 1.29 is 8.42 Å². The van der Waals surface area contributed by atoms with Gasteiger partial charge in [-0.2, -0.15) is 4.98 Å². The van der Waals surface area contributed by atoms with Crippen LogP contribution >= 0.6 is 11.6 Å². The van der Waals surface area contributed by atoms with Gasteiger partial charge >= 0.3 is 5.69 Å². The van der Waals surface area contributed by atoms with Crippen LogP contribution in [0.15, 0.2) is 56.9 Å². The maximum absolute atomic E-state index is 12.5. The molecule has 2 heterocycles. The molecule has 2 aromatic rings. The Labute approximate surface area is 182 Å². The maximum Gasteiger partial charge on any atom is 0.349 e. The van der Waals surface area contributed by atoms with Gasteiger partial charge in [0.1, 0.15) is 0 Å². The van der Waals surface area contributed by atoms with Crippen molar-refractivity contribution >= 4 is 32.7 Å². The summed E-state index contributed by atoms with van der Waals surface area (Å²) in [5, 5.41) is 0.503. The maximum atomic E-state index is 12.5. The molecule has 0 saturated carbocycles. The lowest BCUT2D eigenvalue weighted by atomic mass is 10.1. The number of aryl methyl sites for hydroxylation is 1. The number of rotatable bonds is 6. The molecule has 0 aromatic heterocycles. The Morgan fingerprint density at radius 3 is 2.58 bits per heavy atom. The number of fused-ring (bicyclic) bond motifs is 2. The molecule has 4 rings (SSSR count). The summed E-state index contributed by atoms with van der Waals surface area (Å²) < 4.78 is 29.2. The first kappa shape index (κ1) is 21.2. The number of aromatic nitrogens is 4. The lowest BCUT2D eigenvalue weighted by Gasteiger charge is -2.18. The molecule has 0 unspecified atom stereocenters. The molecule has 0 fully saturated rings. The minimum absolute atomic E-state index is 0.00284. The second-order valence-corrected chi connectivity index (χ2v) is 8.98. The fourth-order valence-corrected chi connectivity index (χ4v) is 4.66. The second kappa shape index (κ2) is 8.22. The third-order valence-electron chi connectivity index (χ3n) is 4.84. The Kier molecular flexibility index (Phi) is 5.61. The Balaban J connectivity index is 1.80. The Bertz CT molecular complexity index is 1460. The molecule has 0 spiro atoms. The van der Waals surface area contributed by atoms with Crippen LogP contribution in [-0.4, -0.2) is 34.5 Å². The van der Waals surface area contributed by atoms with Crippen LogP contribution in [-0.2, 0) is 23.0 Å². The van der Waals surface area contributed by atoms with E-state index in [4.69, 9.17) is 11.6 Å². The van der Waals surface area contributed by atoms with Crippen LogP contribution in [0.25, 0.3) is 22.6 Å². The number of hydrogen-bond donors (Lipinski definition) is 2. The Hall–Kier alpha value is -3.08. The molecular weight excluding hydrogens is 442 g/mol. The number of benzene rings is 2. The van der Waals surface area contributed by atoms with Gasteiger partial charge in [0.2, 0.25) is 10.0 Å². The molecule has 0 bridgehead atoms. The van der Waals surface area contributed by atoms with E-state index in [9.17, 15) is 18.0 Å². The van der Waals surface area contributed by atoms with Gasteiger partial charge in [0, 0.05) is 18.1 Å². The molecular formula is C20H18ClN5O4S. The predicted octanol–water partition coefficient (Wildman–Crippen LogP) is 1.78. The standard InChI is InChI=1S/C20H18ClN5O4S/c1-2-12-10-16-15(11-14(12)21)23-17-18(24-20(28)25-19(17)27)26(16)9-8-22-31(29,30)13-6-4-3-5-7-13/h3-7,10-11,22H,2,8-9H2,1H3,(H,25,27,28). The number of H-pyrrole nitrogens is 1. The molecule has 0 saturated heterocycles. The Morgan fingerprint density at radius 2 is 1.87 bits per heavy atom. The van der Waals surface area contributed by atoms with Gasteiger partial charge in [0.25, 0.3) is 5.56 Å². The lowest BCUT2D eigenvalue weighted by Crippen LogP contribution is -2.31. The summed E-state index contributed by atoms with van der Waals surface area (Å²) in [4.78, 5) is 34.6. The number of nitrogens with zero attached hydrogens (tertiary/aromatic N) is 3. The van der Waals surface area contributed by atoms with Gasteiger partial charge < -0.3 is 4.57 Å². The average molecular weight is 460 g/mol. The second-order valence-electron chi connectivity index (χ2n) is 6.80. The first-order valence-corrected chi connectivity index (χ1v) is 11.3. The fourth-order valence-electron chi connectivity index (χ4n) is 3.33. The number of hydrogen-bond acceptors (Lipinski definition) is 6. The normalized spacial score (nSPS) is 11.9. The third kappa shape index (κ3) is 4.09. The van der Waals surface area contributed by atoms with Crippen molar-refractivity contribution in [1.29, 1.82) is 0 Å². The van der Waals surface area contributed by atoms with Crippen LogP contribution in [0.4, 0.5) is 0 Å². The topological polar surface area (TPSA) is 127 Å². The van der Waals surface area contributed by atoms with Crippen LogP contribution in [0.1, 0.15) is 12.5 Å². The molecule has 0 amide bonds. The van der Waals surface area contributed by atoms with Crippen molar-refractivity contribution in [3.05, 3.63) is 73.9 Å². The highest BCUT2D eigenvalue weighted by molar-refractivity contribution is 7.89. The molecule has 2 aliphatic rings. The highest BCUT2D eigenvalue weighted by Crippen LogP contribution is 2.27. The molecule has 0 radical (unpaired) electrons. The first-order chi connectivity index (χ1) is 14.8. The average Bonchev–Trinajstić information content (AvgIpc) is 2.74. The van der Waals surface area contributed by atoms with Crippen molar-refractivity contribution in [1.82, 2.24) is 24.2 Å². The minimum Gasteiger partial charge on any atom is -0.321 e. The Morgan fingerprint density at radius 1 is 1.13 bits per heavy atom. The smallest absolute Gasteiger partial charge is 0.321 e. The molecule has 9 nitrogen and oxygen atoms in total. The molecule has 160 valence electrons. The summed E-state index contributed by atoms with van der Waals surface area (Å²) >= 11 is 6.31. The molecule has 2 aromatic carbocycles.